The molecule has 0 saturated carbocycles. The van der Waals surface area contributed by atoms with Crippen molar-refractivity contribution in [1.82, 2.24) is 0 Å². The Kier molecular flexibility index (Phi) is 3.49. The lowest BCUT2D eigenvalue weighted by molar-refractivity contribution is -0.189. The second-order valence-electron chi connectivity index (χ2n) is 3.42. The van der Waals surface area contributed by atoms with E-state index in [0.717, 1.165) is 5.56 Å². The second kappa shape index (κ2) is 4.68. The van der Waals surface area contributed by atoms with Crippen LogP contribution >= 0.6 is 23.2 Å². The van der Waals surface area contributed by atoms with Crippen LogP contribution in [0, 0.1) is 0 Å². The van der Waals surface area contributed by atoms with Crippen molar-refractivity contribution in [3.63, 3.8) is 0 Å². The monoisotopic (exact) mass is 247 g/mol. The van der Waals surface area contributed by atoms with E-state index in [1.807, 2.05) is 0 Å². The zero-order valence-corrected chi connectivity index (χ0v) is 9.46. The lowest BCUT2D eigenvalue weighted by Crippen LogP contribution is -2.37. The third-order valence-corrected chi connectivity index (χ3v) is 2.70. The van der Waals surface area contributed by atoms with Crippen molar-refractivity contribution in [2.24, 2.45) is 5.73 Å². The molecule has 0 aromatic heterocycles. The molecule has 0 atom stereocenters. The van der Waals surface area contributed by atoms with E-state index in [2.05, 4.69) is 0 Å². The van der Waals surface area contributed by atoms with Gasteiger partial charge < -0.3 is 15.2 Å². The first-order valence-corrected chi connectivity index (χ1v) is 5.36. The zero-order chi connectivity index (χ0) is 10.8. The smallest absolute Gasteiger partial charge is 0.185 e. The first-order chi connectivity index (χ1) is 7.16. The quantitative estimate of drug-likeness (QED) is 0.829. The SMILES string of the molecule is NC1COC(c2ccc(Cl)cc2Cl)OC1. The molecule has 1 heterocycles. The molecule has 0 amide bonds. The van der Waals surface area contributed by atoms with E-state index in [0.29, 0.717) is 23.3 Å². The molecule has 0 bridgehead atoms. The zero-order valence-electron chi connectivity index (χ0n) is 7.95. The van der Waals surface area contributed by atoms with Gasteiger partial charge in [0.25, 0.3) is 0 Å². The normalized spacial score (nSPS) is 26.6. The van der Waals surface area contributed by atoms with Crippen molar-refractivity contribution in [3.8, 4) is 0 Å². The van der Waals surface area contributed by atoms with E-state index in [-0.39, 0.29) is 6.04 Å². The fourth-order valence-corrected chi connectivity index (χ4v) is 1.89. The Hall–Kier alpha value is -0.320. The summed E-state index contributed by atoms with van der Waals surface area (Å²) in [6.07, 6.45) is -0.436. The molecule has 15 heavy (non-hydrogen) atoms. The van der Waals surface area contributed by atoms with Crippen molar-refractivity contribution in [2.75, 3.05) is 13.2 Å². The topological polar surface area (TPSA) is 44.5 Å². The number of nitrogens with two attached hydrogens (primary N) is 1. The molecule has 3 nitrogen and oxygen atoms in total. The van der Waals surface area contributed by atoms with E-state index < -0.39 is 6.29 Å². The molecule has 1 aliphatic heterocycles. The van der Waals surface area contributed by atoms with Crippen LogP contribution in [0.4, 0.5) is 0 Å². The fourth-order valence-electron chi connectivity index (χ4n) is 1.39. The van der Waals surface area contributed by atoms with Gasteiger partial charge in [0.1, 0.15) is 0 Å². The highest BCUT2D eigenvalue weighted by Crippen LogP contribution is 2.30. The molecule has 0 aliphatic carbocycles. The van der Waals surface area contributed by atoms with E-state index in [9.17, 15) is 0 Å². The molecule has 2 rings (SSSR count). The van der Waals surface area contributed by atoms with Gasteiger partial charge in [0.2, 0.25) is 0 Å². The Balaban J connectivity index is 2.15. The van der Waals surface area contributed by atoms with Gasteiger partial charge in [0.15, 0.2) is 6.29 Å². The summed E-state index contributed by atoms with van der Waals surface area (Å²) in [5, 5.41) is 1.14. The third-order valence-electron chi connectivity index (χ3n) is 2.14. The fraction of sp³-hybridized carbons (Fsp3) is 0.400. The van der Waals surface area contributed by atoms with Crippen LogP contribution in [-0.2, 0) is 9.47 Å². The van der Waals surface area contributed by atoms with Crippen LogP contribution in [-0.4, -0.2) is 19.3 Å². The summed E-state index contributed by atoms with van der Waals surface area (Å²) in [5.74, 6) is 0. The lowest BCUT2D eigenvalue weighted by atomic mass is 10.2. The number of benzene rings is 1. The molecule has 1 saturated heterocycles. The average Bonchev–Trinajstić information content (AvgIpc) is 2.20. The Bertz CT molecular complexity index is 351. The molecule has 5 heteroatoms. The molecule has 2 N–H and O–H groups in total. The summed E-state index contributed by atoms with van der Waals surface area (Å²) in [7, 11) is 0. The van der Waals surface area contributed by atoms with E-state index in [1.165, 1.54) is 0 Å². The van der Waals surface area contributed by atoms with E-state index in [1.54, 1.807) is 18.2 Å². The molecule has 1 aromatic carbocycles. The predicted molar refractivity (Wildman–Crippen MR) is 59.1 cm³/mol. The number of halogens is 2. The maximum Gasteiger partial charge on any atom is 0.185 e. The van der Waals surface area contributed by atoms with Gasteiger partial charge in [-0.05, 0) is 12.1 Å². The molecule has 0 unspecified atom stereocenters. The van der Waals surface area contributed by atoms with Crippen LogP contribution in [0.15, 0.2) is 18.2 Å². The molecule has 1 fully saturated rings. The number of rotatable bonds is 1. The van der Waals surface area contributed by atoms with Crippen molar-refractivity contribution in [3.05, 3.63) is 33.8 Å². The molecular weight excluding hydrogens is 237 g/mol. The molecule has 82 valence electrons. The molecule has 1 aliphatic rings. The van der Waals surface area contributed by atoms with Gasteiger partial charge in [-0.15, -0.1) is 0 Å². The number of ether oxygens (including phenoxy) is 2. The highest BCUT2D eigenvalue weighted by Gasteiger charge is 2.22. The average molecular weight is 248 g/mol. The van der Waals surface area contributed by atoms with E-state index in [4.69, 9.17) is 38.4 Å². The minimum atomic E-state index is -0.436. The number of hydrogen-bond donors (Lipinski definition) is 1. The molecule has 1 aromatic rings. The van der Waals surface area contributed by atoms with Gasteiger partial charge >= 0.3 is 0 Å². The van der Waals surface area contributed by atoms with Crippen LogP contribution in [0.5, 0.6) is 0 Å². The third kappa shape index (κ3) is 2.62. The van der Waals surface area contributed by atoms with Crippen LogP contribution in [0.3, 0.4) is 0 Å². The minimum Gasteiger partial charge on any atom is -0.347 e. The standard InChI is InChI=1S/C10H11Cl2NO2/c11-6-1-2-8(9(12)3-6)10-14-4-7(13)5-15-10/h1-3,7,10H,4-5,13H2. The van der Waals surface area contributed by atoms with Gasteiger partial charge in [-0.2, -0.15) is 0 Å². The first kappa shape index (κ1) is 11.2. The summed E-state index contributed by atoms with van der Waals surface area (Å²) < 4.78 is 10.8. The molecular formula is C10H11Cl2NO2. The minimum absolute atomic E-state index is 0.0627. The summed E-state index contributed by atoms with van der Waals surface area (Å²) >= 11 is 11.8. The molecule has 0 radical (unpaired) electrons. The first-order valence-electron chi connectivity index (χ1n) is 4.60. The van der Waals surface area contributed by atoms with Crippen molar-refractivity contribution in [2.45, 2.75) is 12.3 Å². The Morgan fingerprint density at radius 2 is 1.87 bits per heavy atom. The van der Waals surface area contributed by atoms with Gasteiger partial charge in [0, 0.05) is 10.6 Å². The largest absolute Gasteiger partial charge is 0.347 e. The summed E-state index contributed by atoms with van der Waals surface area (Å²) in [4.78, 5) is 0. The van der Waals surface area contributed by atoms with Gasteiger partial charge in [-0.1, -0.05) is 29.3 Å². The van der Waals surface area contributed by atoms with Crippen molar-refractivity contribution in [1.29, 1.82) is 0 Å². The van der Waals surface area contributed by atoms with Gasteiger partial charge in [-0.25, -0.2) is 0 Å². The Morgan fingerprint density at radius 3 is 2.47 bits per heavy atom. The second-order valence-corrected chi connectivity index (χ2v) is 4.27. The summed E-state index contributed by atoms with van der Waals surface area (Å²) in [6.45, 7) is 0.952. The molecule has 0 spiro atoms. The van der Waals surface area contributed by atoms with Gasteiger partial charge in [0.05, 0.1) is 24.3 Å². The maximum absolute atomic E-state index is 6.02. The van der Waals surface area contributed by atoms with Crippen molar-refractivity contribution < 1.29 is 9.47 Å². The summed E-state index contributed by atoms with van der Waals surface area (Å²) in [5.41, 5.74) is 6.42. The van der Waals surface area contributed by atoms with Crippen LogP contribution in [0.25, 0.3) is 0 Å². The Morgan fingerprint density at radius 1 is 1.20 bits per heavy atom. The van der Waals surface area contributed by atoms with Crippen LogP contribution < -0.4 is 5.73 Å². The highest BCUT2D eigenvalue weighted by molar-refractivity contribution is 6.35. The predicted octanol–water partition coefficient (Wildman–Crippen LogP) is 2.37. The van der Waals surface area contributed by atoms with Crippen LogP contribution in [0.2, 0.25) is 10.0 Å². The summed E-state index contributed by atoms with van der Waals surface area (Å²) in [6, 6.07) is 5.16. The van der Waals surface area contributed by atoms with Crippen molar-refractivity contribution >= 4 is 23.2 Å². The highest BCUT2D eigenvalue weighted by atomic mass is 35.5. The maximum atomic E-state index is 6.02. The van der Waals surface area contributed by atoms with Gasteiger partial charge in [-0.3, -0.25) is 0 Å². The lowest BCUT2D eigenvalue weighted by Gasteiger charge is -2.27. The van der Waals surface area contributed by atoms with E-state index >= 15 is 0 Å². The Labute approximate surface area is 98.1 Å². The van der Waals surface area contributed by atoms with Crippen LogP contribution in [0.1, 0.15) is 11.9 Å². The number of hydrogen-bond acceptors (Lipinski definition) is 3.